The highest BCUT2D eigenvalue weighted by Gasteiger charge is 2.39. The summed E-state index contributed by atoms with van der Waals surface area (Å²) in [6.45, 7) is 2.79. The van der Waals surface area contributed by atoms with E-state index in [1.54, 1.807) is 6.92 Å². The minimum absolute atomic E-state index is 0.0315. The molecule has 3 atom stereocenters. The molecule has 2 N–H and O–H groups in total. The summed E-state index contributed by atoms with van der Waals surface area (Å²) < 4.78 is 99.3. The quantitative estimate of drug-likeness (QED) is 0.355. The van der Waals surface area contributed by atoms with Crippen LogP contribution in [0.2, 0.25) is 0 Å². The van der Waals surface area contributed by atoms with E-state index in [-0.39, 0.29) is 43.9 Å². The van der Waals surface area contributed by atoms with Gasteiger partial charge in [-0.15, -0.1) is 0 Å². The van der Waals surface area contributed by atoms with Crippen molar-refractivity contribution >= 4 is 12.1 Å². The molecule has 1 saturated heterocycles. The number of likely N-dealkylation sites (tertiary alicyclic amines) is 1. The highest BCUT2D eigenvalue weighted by molar-refractivity contribution is 5.75. The third kappa shape index (κ3) is 8.05. The van der Waals surface area contributed by atoms with E-state index < -0.39 is 53.5 Å². The van der Waals surface area contributed by atoms with E-state index in [1.807, 2.05) is 0 Å². The molecule has 0 aliphatic carbocycles. The third-order valence-electron chi connectivity index (χ3n) is 7.38. The SMILES string of the molecule is Cc1cc(F)ccc1[C@H]1C[C@@H](CNC(=O)OCCO)CCN1C(=O)N(C)[C@H](C)c1cc(C(F)(F)F)cc(C(F)(F)F)c1. The number of aryl methyl sites for hydroxylation is 1. The summed E-state index contributed by atoms with van der Waals surface area (Å²) in [4.78, 5) is 28.1. The molecule has 1 aliphatic rings. The van der Waals surface area contributed by atoms with Crippen LogP contribution in [0.5, 0.6) is 0 Å². The zero-order chi connectivity index (χ0) is 31.4. The average molecular weight is 608 g/mol. The molecule has 2 aromatic rings. The van der Waals surface area contributed by atoms with Crippen molar-refractivity contribution in [1.82, 2.24) is 15.1 Å². The molecule has 0 bridgehead atoms. The zero-order valence-electron chi connectivity index (χ0n) is 23.2. The molecule has 232 valence electrons. The minimum Gasteiger partial charge on any atom is -0.447 e. The molecule has 7 nitrogen and oxygen atoms in total. The topological polar surface area (TPSA) is 82.1 Å². The first-order valence-corrected chi connectivity index (χ1v) is 13.1. The maximum absolute atomic E-state index is 13.9. The summed E-state index contributed by atoms with van der Waals surface area (Å²) in [5.41, 5.74) is -2.16. The predicted molar refractivity (Wildman–Crippen MR) is 138 cm³/mol. The number of aliphatic hydroxyl groups excluding tert-OH is 1. The van der Waals surface area contributed by atoms with Gasteiger partial charge in [-0.3, -0.25) is 0 Å². The van der Waals surface area contributed by atoms with Gasteiger partial charge in [-0.1, -0.05) is 6.07 Å². The van der Waals surface area contributed by atoms with Gasteiger partial charge in [0.1, 0.15) is 12.4 Å². The lowest BCUT2D eigenvalue weighted by molar-refractivity contribution is -0.143. The number of urea groups is 1. The standard InChI is InChI=1S/C28H32F7N3O4/c1-16-10-22(29)4-5-23(16)24-11-18(15-36-25(40)42-9-8-39)6-7-38(24)26(41)37(3)17(2)19-12-20(27(30,31)32)14-21(13-19)28(33,34)35/h4-5,10,12-14,17-18,24,39H,6-9,11,15H2,1-3H3,(H,36,40)/t17-,18+,24-/m1/s1. The van der Waals surface area contributed by atoms with E-state index in [2.05, 4.69) is 5.32 Å². The van der Waals surface area contributed by atoms with Crippen molar-refractivity contribution in [3.05, 3.63) is 70.0 Å². The van der Waals surface area contributed by atoms with Crippen LogP contribution < -0.4 is 5.32 Å². The first kappa shape index (κ1) is 33.0. The number of rotatable bonds is 7. The Morgan fingerprint density at radius 1 is 1.10 bits per heavy atom. The fourth-order valence-electron chi connectivity index (χ4n) is 4.99. The third-order valence-corrected chi connectivity index (χ3v) is 7.38. The lowest BCUT2D eigenvalue weighted by Gasteiger charge is -2.43. The number of hydrogen-bond acceptors (Lipinski definition) is 4. The van der Waals surface area contributed by atoms with Gasteiger partial charge in [0.15, 0.2) is 0 Å². The fourth-order valence-corrected chi connectivity index (χ4v) is 4.99. The van der Waals surface area contributed by atoms with Crippen molar-refractivity contribution < 1.29 is 50.2 Å². The number of carbonyl (C=O) groups excluding carboxylic acids is 2. The van der Waals surface area contributed by atoms with Crippen LogP contribution in [0.4, 0.5) is 40.3 Å². The molecule has 0 unspecified atom stereocenters. The van der Waals surface area contributed by atoms with E-state index in [0.29, 0.717) is 36.1 Å². The normalized spacial score (nSPS) is 18.4. The molecule has 1 fully saturated rings. The monoisotopic (exact) mass is 607 g/mol. The second kappa shape index (κ2) is 13.2. The average Bonchev–Trinajstić information content (AvgIpc) is 2.92. The number of alkyl halides is 6. The molecule has 3 rings (SSSR count). The van der Waals surface area contributed by atoms with Gasteiger partial charge in [0.25, 0.3) is 0 Å². The van der Waals surface area contributed by atoms with Gasteiger partial charge in [-0.25, -0.2) is 14.0 Å². The zero-order valence-corrected chi connectivity index (χ0v) is 23.2. The Morgan fingerprint density at radius 2 is 1.71 bits per heavy atom. The van der Waals surface area contributed by atoms with Crippen LogP contribution in [0, 0.1) is 18.7 Å². The number of nitrogens with zero attached hydrogens (tertiary/aromatic N) is 2. The van der Waals surface area contributed by atoms with E-state index in [1.165, 1.54) is 37.1 Å². The molecule has 2 aromatic carbocycles. The molecule has 0 aromatic heterocycles. The summed E-state index contributed by atoms with van der Waals surface area (Å²) >= 11 is 0. The molecule has 0 saturated carbocycles. The largest absolute Gasteiger partial charge is 0.447 e. The van der Waals surface area contributed by atoms with Gasteiger partial charge in [0.05, 0.1) is 29.8 Å². The molecule has 14 heteroatoms. The Kier molecular flexibility index (Phi) is 10.3. The smallest absolute Gasteiger partial charge is 0.416 e. The molecule has 1 heterocycles. The van der Waals surface area contributed by atoms with Crippen LogP contribution in [0.15, 0.2) is 36.4 Å². The first-order valence-electron chi connectivity index (χ1n) is 13.1. The van der Waals surface area contributed by atoms with Crippen molar-refractivity contribution in [3.8, 4) is 0 Å². The van der Waals surface area contributed by atoms with Gasteiger partial charge in [-0.2, -0.15) is 26.3 Å². The second-order valence-corrected chi connectivity index (χ2v) is 10.2. The van der Waals surface area contributed by atoms with Crippen LogP contribution in [0.25, 0.3) is 0 Å². The van der Waals surface area contributed by atoms with Gasteiger partial charge >= 0.3 is 24.5 Å². The summed E-state index contributed by atoms with van der Waals surface area (Å²) in [7, 11) is 1.29. The Morgan fingerprint density at radius 3 is 2.26 bits per heavy atom. The van der Waals surface area contributed by atoms with Crippen molar-refractivity contribution in [3.63, 3.8) is 0 Å². The Hall–Kier alpha value is -3.55. The second-order valence-electron chi connectivity index (χ2n) is 10.2. The number of alkyl carbamates (subject to hydrolysis) is 1. The summed E-state index contributed by atoms with van der Waals surface area (Å²) in [6, 6.07) is 2.82. The number of amides is 3. The molecule has 0 spiro atoms. The molecule has 1 aliphatic heterocycles. The lowest BCUT2D eigenvalue weighted by atomic mass is 9.85. The number of halogens is 7. The number of nitrogens with one attached hydrogen (secondary N) is 1. The van der Waals surface area contributed by atoms with Gasteiger partial charge in [0.2, 0.25) is 0 Å². The van der Waals surface area contributed by atoms with E-state index in [4.69, 9.17) is 9.84 Å². The number of carbonyl (C=O) groups is 2. The minimum atomic E-state index is -5.04. The highest BCUT2D eigenvalue weighted by Crippen LogP contribution is 2.40. The van der Waals surface area contributed by atoms with Gasteiger partial charge < -0.3 is 25.0 Å². The summed E-state index contributed by atoms with van der Waals surface area (Å²) in [6.07, 6.45) is -10.1. The van der Waals surface area contributed by atoms with Crippen LogP contribution in [-0.4, -0.2) is 60.4 Å². The molecule has 42 heavy (non-hydrogen) atoms. The van der Waals surface area contributed by atoms with Crippen LogP contribution >= 0.6 is 0 Å². The van der Waals surface area contributed by atoms with Crippen LogP contribution in [-0.2, 0) is 17.1 Å². The Bertz CT molecular complexity index is 1240. The van der Waals surface area contributed by atoms with E-state index >= 15 is 0 Å². The lowest BCUT2D eigenvalue weighted by Crippen LogP contribution is -2.49. The number of piperidine rings is 1. The van der Waals surface area contributed by atoms with Crippen LogP contribution in [0.3, 0.4) is 0 Å². The number of aliphatic hydroxyl groups is 1. The van der Waals surface area contributed by atoms with Crippen molar-refractivity contribution in [2.75, 3.05) is 33.4 Å². The molecular formula is C28H32F7N3O4. The Balaban J connectivity index is 1.89. The molecule has 0 radical (unpaired) electrons. The number of benzene rings is 2. The summed E-state index contributed by atoms with van der Waals surface area (Å²) in [5.74, 6) is -0.642. The van der Waals surface area contributed by atoms with Gasteiger partial charge in [0, 0.05) is 20.1 Å². The van der Waals surface area contributed by atoms with E-state index in [9.17, 15) is 40.3 Å². The van der Waals surface area contributed by atoms with Crippen molar-refractivity contribution in [1.29, 1.82) is 0 Å². The van der Waals surface area contributed by atoms with Crippen molar-refractivity contribution in [2.24, 2.45) is 5.92 Å². The maximum Gasteiger partial charge on any atom is 0.416 e. The first-order chi connectivity index (χ1) is 19.5. The van der Waals surface area contributed by atoms with Crippen LogP contribution in [0.1, 0.15) is 59.7 Å². The predicted octanol–water partition coefficient (Wildman–Crippen LogP) is 6.46. The van der Waals surface area contributed by atoms with Gasteiger partial charge in [-0.05, 0) is 79.6 Å². The van der Waals surface area contributed by atoms with Crippen molar-refractivity contribution in [2.45, 2.75) is 51.1 Å². The maximum atomic E-state index is 13.9. The highest BCUT2D eigenvalue weighted by atomic mass is 19.4. The number of ether oxygens (including phenoxy) is 1. The summed E-state index contributed by atoms with van der Waals surface area (Å²) in [5, 5.41) is 11.4. The Labute approximate surface area is 238 Å². The van der Waals surface area contributed by atoms with E-state index in [0.717, 1.165) is 4.90 Å². The molecule has 3 amide bonds. The number of hydrogen-bond donors (Lipinski definition) is 2. The fraction of sp³-hybridized carbons (Fsp3) is 0.500. The molecular weight excluding hydrogens is 575 g/mol.